The fourth-order valence-corrected chi connectivity index (χ4v) is 5.10. The number of halogens is 2. The van der Waals surface area contributed by atoms with Crippen LogP contribution in [0.1, 0.15) is 11.1 Å². The normalized spacial score (nSPS) is 15.8. The molecule has 4 aromatic carbocycles. The maximum absolute atomic E-state index is 13.1. The Morgan fingerprint density at radius 3 is 2.62 bits per heavy atom. The number of nitrogens with one attached hydrogen (secondary N) is 1. The molecule has 0 spiro atoms. The van der Waals surface area contributed by atoms with Crippen LogP contribution >= 0.6 is 34.4 Å². The van der Waals surface area contributed by atoms with E-state index in [0.29, 0.717) is 22.4 Å². The number of hydrogen-bond donors (Lipinski definition) is 1. The van der Waals surface area contributed by atoms with Crippen LogP contribution < -0.4 is 10.1 Å². The molecule has 0 unspecified atom stereocenters. The summed E-state index contributed by atoms with van der Waals surface area (Å²) in [6.45, 7) is 0.471. The fourth-order valence-electron chi connectivity index (χ4n) is 3.56. The van der Waals surface area contributed by atoms with Crippen molar-refractivity contribution in [2.45, 2.75) is 6.61 Å². The Hall–Kier alpha value is -3.17. The molecule has 1 amide bonds. The fraction of sp³-hybridized carbons (Fsp3) is 0.0370. The lowest BCUT2D eigenvalue weighted by molar-refractivity contribution is -0.115. The third kappa shape index (κ3) is 5.15. The quantitative estimate of drug-likeness (QED) is 0.203. The summed E-state index contributed by atoms with van der Waals surface area (Å²) in [4.78, 5) is 17.3. The van der Waals surface area contributed by atoms with Crippen LogP contribution in [-0.4, -0.2) is 11.1 Å². The van der Waals surface area contributed by atoms with Gasteiger partial charge in [0.25, 0.3) is 5.91 Å². The van der Waals surface area contributed by atoms with Crippen molar-refractivity contribution >= 4 is 68.0 Å². The predicted molar refractivity (Wildman–Crippen MR) is 145 cm³/mol. The van der Waals surface area contributed by atoms with Crippen molar-refractivity contribution in [1.82, 2.24) is 5.32 Å². The third-order valence-electron chi connectivity index (χ3n) is 5.22. The maximum atomic E-state index is 13.1. The highest BCUT2D eigenvalue weighted by Crippen LogP contribution is 2.30. The van der Waals surface area contributed by atoms with Crippen LogP contribution in [-0.2, 0) is 11.4 Å². The molecule has 0 aliphatic carbocycles. The van der Waals surface area contributed by atoms with E-state index in [0.717, 1.165) is 20.4 Å². The zero-order chi connectivity index (χ0) is 23.5. The van der Waals surface area contributed by atoms with E-state index in [4.69, 9.17) is 4.74 Å². The molecule has 168 valence electrons. The Bertz CT molecular complexity index is 1450. The number of nitrogens with zero attached hydrogens (tertiary/aromatic N) is 1. The second kappa shape index (κ2) is 9.99. The van der Waals surface area contributed by atoms with E-state index >= 15 is 0 Å². The third-order valence-corrected chi connectivity index (χ3v) is 6.98. The van der Waals surface area contributed by atoms with Crippen molar-refractivity contribution in [3.63, 3.8) is 0 Å². The monoisotopic (exact) mass is 580 g/mol. The number of benzene rings is 4. The zero-order valence-electron chi connectivity index (χ0n) is 17.8. The van der Waals surface area contributed by atoms with Gasteiger partial charge in [0.1, 0.15) is 18.2 Å². The molecule has 7 heteroatoms. The van der Waals surface area contributed by atoms with Gasteiger partial charge in [-0.25, -0.2) is 9.38 Å². The molecule has 0 bridgehead atoms. The van der Waals surface area contributed by atoms with E-state index in [1.54, 1.807) is 12.1 Å². The SMILES string of the molecule is O=C1NC(=Nc2ccc(F)cc2)S/C1=C/c1ccc(OCc2cccc3ccccc23)c(I)c1. The number of thioether (sulfide) groups is 1. The molecule has 0 atom stereocenters. The Morgan fingerprint density at radius 1 is 1.00 bits per heavy atom. The van der Waals surface area contributed by atoms with E-state index in [-0.39, 0.29) is 11.7 Å². The largest absolute Gasteiger partial charge is 0.488 e. The molecule has 34 heavy (non-hydrogen) atoms. The van der Waals surface area contributed by atoms with E-state index in [9.17, 15) is 9.18 Å². The van der Waals surface area contributed by atoms with Gasteiger partial charge in [-0.15, -0.1) is 0 Å². The summed E-state index contributed by atoms with van der Waals surface area (Å²) >= 11 is 3.50. The van der Waals surface area contributed by atoms with Crippen LogP contribution in [0.15, 0.2) is 94.8 Å². The van der Waals surface area contributed by atoms with Crippen molar-refractivity contribution in [2.24, 2.45) is 4.99 Å². The molecular formula is C27H18FIN2O2S. The molecule has 4 aromatic rings. The molecule has 0 saturated carbocycles. The Balaban J connectivity index is 1.29. The molecule has 1 saturated heterocycles. The second-order valence-electron chi connectivity index (χ2n) is 7.57. The summed E-state index contributed by atoms with van der Waals surface area (Å²) in [6.07, 6.45) is 1.82. The summed E-state index contributed by atoms with van der Waals surface area (Å²) in [7, 11) is 0. The number of ether oxygens (including phenoxy) is 1. The van der Waals surface area contributed by atoms with Crippen LogP contribution in [0.2, 0.25) is 0 Å². The highest BCUT2D eigenvalue weighted by molar-refractivity contribution is 14.1. The van der Waals surface area contributed by atoms with E-state index in [2.05, 4.69) is 57.2 Å². The average Bonchev–Trinajstić information content (AvgIpc) is 3.18. The molecule has 1 fully saturated rings. The van der Waals surface area contributed by atoms with Crippen LogP contribution in [0.25, 0.3) is 16.8 Å². The Morgan fingerprint density at radius 2 is 1.79 bits per heavy atom. The number of hydrogen-bond acceptors (Lipinski definition) is 4. The standard InChI is InChI=1S/C27H18FIN2O2S/c28-20-9-11-21(12-10-20)30-27-31-26(32)25(34-27)15-17-8-13-24(23(29)14-17)33-16-19-6-3-5-18-4-1-2-7-22(18)19/h1-15H,16H2,(H,30,31,32)/b25-15+. The smallest absolute Gasteiger partial charge is 0.264 e. The van der Waals surface area contributed by atoms with Crippen LogP contribution in [0.3, 0.4) is 0 Å². The number of carbonyl (C=O) groups is 1. The lowest BCUT2D eigenvalue weighted by Gasteiger charge is -2.11. The molecular weight excluding hydrogens is 562 g/mol. The molecule has 5 rings (SSSR count). The van der Waals surface area contributed by atoms with E-state index < -0.39 is 0 Å². The summed E-state index contributed by atoms with van der Waals surface area (Å²) in [6, 6.07) is 26.1. The topological polar surface area (TPSA) is 50.7 Å². The molecule has 1 aliphatic heterocycles. The first kappa shape index (κ1) is 22.6. The van der Waals surface area contributed by atoms with Crippen LogP contribution in [0.4, 0.5) is 10.1 Å². The first-order chi connectivity index (χ1) is 16.5. The van der Waals surface area contributed by atoms with Gasteiger partial charge in [0.2, 0.25) is 0 Å². The van der Waals surface area contributed by atoms with Gasteiger partial charge in [-0.3, -0.25) is 4.79 Å². The Kier molecular flexibility index (Phi) is 6.64. The summed E-state index contributed by atoms with van der Waals surface area (Å²) in [5.41, 5.74) is 2.60. The van der Waals surface area contributed by atoms with E-state index in [1.165, 1.54) is 34.7 Å². The average molecular weight is 580 g/mol. The summed E-state index contributed by atoms with van der Waals surface area (Å²) in [5.74, 6) is 0.252. The van der Waals surface area contributed by atoms with Crippen molar-refractivity contribution in [2.75, 3.05) is 0 Å². The van der Waals surface area contributed by atoms with Gasteiger partial charge < -0.3 is 10.1 Å². The summed E-state index contributed by atoms with van der Waals surface area (Å²) in [5, 5.41) is 5.59. The number of carbonyl (C=O) groups excluding carboxylic acids is 1. The first-order valence-electron chi connectivity index (χ1n) is 10.5. The van der Waals surface area contributed by atoms with Crippen molar-refractivity contribution < 1.29 is 13.9 Å². The first-order valence-corrected chi connectivity index (χ1v) is 12.4. The van der Waals surface area contributed by atoms with Crippen molar-refractivity contribution in [1.29, 1.82) is 0 Å². The maximum Gasteiger partial charge on any atom is 0.264 e. The molecule has 1 N–H and O–H groups in total. The predicted octanol–water partition coefficient (Wildman–Crippen LogP) is 7.05. The van der Waals surface area contributed by atoms with Gasteiger partial charge in [-0.2, -0.15) is 0 Å². The molecule has 0 aromatic heterocycles. The van der Waals surface area contributed by atoms with Crippen LogP contribution in [0.5, 0.6) is 5.75 Å². The molecule has 1 aliphatic rings. The van der Waals surface area contributed by atoms with Crippen LogP contribution in [0, 0.1) is 9.39 Å². The summed E-state index contributed by atoms with van der Waals surface area (Å²) < 4.78 is 20.1. The van der Waals surface area contributed by atoms with Crippen molar-refractivity contribution in [3.8, 4) is 5.75 Å². The molecule has 1 heterocycles. The lowest BCUT2D eigenvalue weighted by atomic mass is 10.1. The minimum Gasteiger partial charge on any atom is -0.488 e. The lowest BCUT2D eigenvalue weighted by Crippen LogP contribution is -2.19. The van der Waals surface area contributed by atoms with Gasteiger partial charge in [0.15, 0.2) is 5.17 Å². The van der Waals surface area contributed by atoms with E-state index in [1.807, 2.05) is 42.5 Å². The minimum absolute atomic E-state index is 0.211. The number of aliphatic imine (C=N–C) groups is 1. The highest BCUT2D eigenvalue weighted by atomic mass is 127. The zero-order valence-corrected chi connectivity index (χ0v) is 20.8. The number of fused-ring (bicyclic) bond motifs is 1. The number of rotatable bonds is 5. The van der Waals surface area contributed by atoms with Crippen molar-refractivity contribution in [3.05, 3.63) is 110 Å². The number of amides is 1. The van der Waals surface area contributed by atoms with Gasteiger partial charge in [-0.05, 0) is 98.7 Å². The second-order valence-corrected chi connectivity index (χ2v) is 9.77. The number of amidine groups is 1. The Labute approximate surface area is 214 Å². The van der Waals surface area contributed by atoms with Gasteiger partial charge in [0.05, 0.1) is 14.2 Å². The van der Waals surface area contributed by atoms with Gasteiger partial charge in [-0.1, -0.05) is 48.5 Å². The molecule has 0 radical (unpaired) electrons. The minimum atomic E-state index is -0.327. The van der Waals surface area contributed by atoms with Gasteiger partial charge in [0, 0.05) is 0 Å². The molecule has 4 nitrogen and oxygen atoms in total. The van der Waals surface area contributed by atoms with Gasteiger partial charge >= 0.3 is 0 Å². The highest BCUT2D eigenvalue weighted by Gasteiger charge is 2.24.